The topological polar surface area (TPSA) is 155 Å². The Morgan fingerprint density at radius 2 is 1.61 bits per heavy atom. The summed E-state index contributed by atoms with van der Waals surface area (Å²) in [5.74, 6) is -2.04. The van der Waals surface area contributed by atoms with Crippen LogP contribution in [0.25, 0.3) is 0 Å². The molecule has 1 amide bonds. The lowest BCUT2D eigenvalue weighted by atomic mass is 9.91. The van der Waals surface area contributed by atoms with Gasteiger partial charge in [0, 0.05) is 36.4 Å². The van der Waals surface area contributed by atoms with E-state index >= 15 is 0 Å². The number of aliphatic carboxylic acids is 1. The summed E-state index contributed by atoms with van der Waals surface area (Å²) in [5, 5.41) is 30.9. The van der Waals surface area contributed by atoms with Crippen molar-refractivity contribution in [1.82, 2.24) is 10.3 Å². The normalized spacial score (nSPS) is 20.3. The lowest BCUT2D eigenvalue weighted by Crippen LogP contribution is -2.38. The zero-order valence-electron chi connectivity index (χ0n) is 22.4. The Morgan fingerprint density at radius 3 is 2.27 bits per heavy atom. The van der Waals surface area contributed by atoms with Crippen LogP contribution in [0.15, 0.2) is 71.9 Å². The zero-order chi connectivity index (χ0) is 29.4. The number of carboxylic acid groups (broad SMARTS) is 2. The van der Waals surface area contributed by atoms with Gasteiger partial charge in [-0.25, -0.2) is 9.78 Å². The number of hydrogen-bond donors (Lipinski definition) is 4. The molecule has 11 heteroatoms. The first-order valence-electron chi connectivity index (χ1n) is 13.1. The van der Waals surface area contributed by atoms with Crippen LogP contribution in [-0.4, -0.2) is 50.0 Å². The molecular weight excluding hydrogens is 548 g/mol. The van der Waals surface area contributed by atoms with Crippen molar-refractivity contribution in [2.75, 3.05) is 5.75 Å². The minimum Gasteiger partial charge on any atom is -0.481 e. The summed E-state index contributed by atoms with van der Waals surface area (Å²) in [5.41, 5.74) is 3.47. The number of benzene rings is 2. The number of rotatable bonds is 12. The summed E-state index contributed by atoms with van der Waals surface area (Å²) in [6, 6.07) is 18.1. The molecule has 1 aromatic heterocycles. The first kappa shape index (κ1) is 30.2. The maximum atomic E-state index is 11.9. The predicted octanol–water partition coefficient (Wildman–Crippen LogP) is 4.34. The molecule has 0 unspecified atom stereocenters. The van der Waals surface area contributed by atoms with Crippen molar-refractivity contribution in [2.24, 2.45) is 5.92 Å². The summed E-state index contributed by atoms with van der Waals surface area (Å²) in [6.45, 7) is 2.23. The van der Waals surface area contributed by atoms with Gasteiger partial charge in [-0.1, -0.05) is 55.5 Å². The van der Waals surface area contributed by atoms with Crippen molar-refractivity contribution in [3.05, 3.63) is 94.7 Å². The first-order valence-corrected chi connectivity index (χ1v) is 14.1. The van der Waals surface area contributed by atoms with Gasteiger partial charge in [0.25, 0.3) is 0 Å². The summed E-state index contributed by atoms with van der Waals surface area (Å²) in [6.07, 6.45) is -0.0849. The fourth-order valence-electron chi connectivity index (χ4n) is 4.44. The number of hydrogen-bond acceptors (Lipinski definition) is 8. The van der Waals surface area contributed by atoms with E-state index in [1.807, 2.05) is 55.5 Å². The second-order valence-electron chi connectivity index (χ2n) is 9.71. The maximum Gasteiger partial charge on any atom is 0.338 e. The molecule has 3 aromatic rings. The summed E-state index contributed by atoms with van der Waals surface area (Å²) < 4.78 is 12.9. The number of carbonyl (C=O) groups is 3. The predicted molar refractivity (Wildman–Crippen MR) is 150 cm³/mol. The number of thioether (sulfide) groups is 1. The summed E-state index contributed by atoms with van der Waals surface area (Å²) in [4.78, 5) is 38.5. The quantitative estimate of drug-likeness (QED) is 0.227. The third kappa shape index (κ3) is 8.14. The third-order valence-electron chi connectivity index (χ3n) is 6.82. The van der Waals surface area contributed by atoms with Gasteiger partial charge in [-0.15, -0.1) is 11.8 Å². The fraction of sp³-hybridized carbons (Fsp3) is 0.333. The molecule has 1 aliphatic heterocycles. The molecule has 0 radical (unpaired) electrons. The lowest BCUT2D eigenvalue weighted by Gasteiger charge is -2.41. The van der Waals surface area contributed by atoms with E-state index in [0.29, 0.717) is 10.8 Å². The molecule has 1 fully saturated rings. The Bertz CT molecular complexity index is 1350. The number of nitrogens with one attached hydrogen (secondary N) is 1. The van der Waals surface area contributed by atoms with Crippen molar-refractivity contribution in [2.45, 2.75) is 56.4 Å². The molecule has 0 saturated carbocycles. The van der Waals surface area contributed by atoms with Crippen LogP contribution < -0.4 is 5.32 Å². The number of aromatic nitrogens is 1. The molecule has 1 saturated heterocycles. The van der Waals surface area contributed by atoms with E-state index in [1.165, 1.54) is 17.8 Å². The van der Waals surface area contributed by atoms with Crippen molar-refractivity contribution in [3.63, 3.8) is 0 Å². The number of pyridine rings is 1. The number of aliphatic hydroxyl groups is 1. The molecule has 2 heterocycles. The van der Waals surface area contributed by atoms with E-state index < -0.39 is 18.2 Å². The number of aromatic carboxylic acids is 1. The number of nitrogens with zero attached hydrogens (tertiary/aromatic N) is 1. The van der Waals surface area contributed by atoms with Crippen molar-refractivity contribution >= 4 is 29.6 Å². The number of carboxylic acids is 2. The van der Waals surface area contributed by atoms with E-state index in [-0.39, 0.29) is 55.6 Å². The van der Waals surface area contributed by atoms with E-state index in [4.69, 9.17) is 14.6 Å². The van der Waals surface area contributed by atoms with Gasteiger partial charge in [0.05, 0.1) is 30.8 Å². The van der Waals surface area contributed by atoms with Crippen molar-refractivity contribution in [1.29, 1.82) is 0 Å². The van der Waals surface area contributed by atoms with Gasteiger partial charge in [-0.05, 0) is 28.8 Å². The molecule has 10 nitrogen and oxygen atoms in total. The monoisotopic (exact) mass is 580 g/mol. The highest BCUT2D eigenvalue weighted by Crippen LogP contribution is 2.43. The smallest absolute Gasteiger partial charge is 0.338 e. The Labute approximate surface area is 241 Å². The summed E-state index contributed by atoms with van der Waals surface area (Å²) >= 11 is 1.32. The maximum absolute atomic E-state index is 11.9. The van der Waals surface area contributed by atoms with Gasteiger partial charge in [-0.2, -0.15) is 0 Å². The average molecular weight is 581 g/mol. The van der Waals surface area contributed by atoms with Gasteiger partial charge < -0.3 is 30.1 Å². The second kappa shape index (κ2) is 14.2. The van der Waals surface area contributed by atoms with Gasteiger partial charge in [0.15, 0.2) is 6.29 Å². The minimum atomic E-state index is -1.04. The lowest BCUT2D eigenvalue weighted by molar-refractivity contribution is -0.268. The van der Waals surface area contributed by atoms with E-state index in [0.717, 1.165) is 22.3 Å². The van der Waals surface area contributed by atoms with Gasteiger partial charge in [-0.3, -0.25) is 9.59 Å². The van der Waals surface area contributed by atoms with Crippen LogP contribution in [0.3, 0.4) is 0 Å². The van der Waals surface area contributed by atoms with Crippen LogP contribution in [0, 0.1) is 5.92 Å². The van der Waals surface area contributed by atoms with E-state index in [9.17, 15) is 24.6 Å². The highest BCUT2D eigenvalue weighted by atomic mass is 32.2. The molecule has 0 aliphatic carbocycles. The van der Waals surface area contributed by atoms with Gasteiger partial charge >= 0.3 is 11.9 Å². The molecule has 216 valence electrons. The molecule has 4 N–H and O–H groups in total. The molecule has 1 aliphatic rings. The highest BCUT2D eigenvalue weighted by Gasteiger charge is 2.38. The highest BCUT2D eigenvalue weighted by molar-refractivity contribution is 7.99. The Balaban J connectivity index is 1.50. The fourth-order valence-corrected chi connectivity index (χ4v) is 5.59. The van der Waals surface area contributed by atoms with Crippen LogP contribution in [0.1, 0.15) is 64.8 Å². The van der Waals surface area contributed by atoms with Crippen molar-refractivity contribution in [3.8, 4) is 0 Å². The molecule has 4 atom stereocenters. The molecule has 0 bridgehead atoms. The van der Waals surface area contributed by atoms with E-state index in [1.54, 1.807) is 12.3 Å². The Hall–Kier alpha value is -3.77. The standard InChI is InChI=1S/C30H32N2O8S/c1-18-24(17-41-28-23(29(37)38)3-2-14-31-28)39-30(40-27(18)21-8-6-20(16-33)7-9-21)22-10-4-19(5-11-22)15-32-25(34)12-13-26(35)36/h2-11,14,18,24,27,30,33H,12-13,15-17H2,1H3,(H,32,34)(H,35,36)(H,37,38)/t18-,24+,27+,30+/m1/s1. The number of carbonyl (C=O) groups excluding carboxylic acids is 1. The molecule has 4 rings (SSSR count). The largest absolute Gasteiger partial charge is 0.481 e. The Kier molecular flexibility index (Phi) is 10.5. The number of ether oxygens (including phenoxy) is 2. The van der Waals surface area contributed by atoms with Crippen LogP contribution in [0.4, 0.5) is 0 Å². The van der Waals surface area contributed by atoms with Crippen molar-refractivity contribution < 1.29 is 39.2 Å². The second-order valence-corrected chi connectivity index (χ2v) is 10.7. The molecule has 41 heavy (non-hydrogen) atoms. The number of amides is 1. The minimum absolute atomic E-state index is 0.0608. The average Bonchev–Trinajstić information content (AvgIpc) is 2.99. The molecule has 0 spiro atoms. The van der Waals surface area contributed by atoms with Crippen LogP contribution in [-0.2, 0) is 32.2 Å². The van der Waals surface area contributed by atoms with Gasteiger partial charge in [0.2, 0.25) is 5.91 Å². The van der Waals surface area contributed by atoms with Crippen LogP contribution >= 0.6 is 11.8 Å². The Morgan fingerprint density at radius 1 is 0.927 bits per heavy atom. The third-order valence-corrected chi connectivity index (χ3v) is 7.91. The van der Waals surface area contributed by atoms with Crippen LogP contribution in [0.5, 0.6) is 0 Å². The van der Waals surface area contributed by atoms with E-state index in [2.05, 4.69) is 10.3 Å². The first-order chi connectivity index (χ1) is 19.7. The summed E-state index contributed by atoms with van der Waals surface area (Å²) in [7, 11) is 0. The number of aliphatic hydroxyl groups excluding tert-OH is 1. The van der Waals surface area contributed by atoms with Crippen LogP contribution in [0.2, 0.25) is 0 Å². The zero-order valence-corrected chi connectivity index (χ0v) is 23.3. The molecule has 2 aromatic carbocycles. The van der Waals surface area contributed by atoms with Gasteiger partial charge in [0.1, 0.15) is 5.03 Å². The molecular formula is C30H32N2O8S. The SMILES string of the molecule is C[C@@H]1[C@H](CSc2ncccc2C(=O)O)O[C@H](c2ccc(CNC(=O)CCC(=O)O)cc2)O[C@@H]1c1ccc(CO)cc1.